The number of carbonyl (C=O) groups is 2. The summed E-state index contributed by atoms with van der Waals surface area (Å²) in [5.74, 6) is -0.323. The summed E-state index contributed by atoms with van der Waals surface area (Å²) in [5, 5.41) is 4.65. The van der Waals surface area contributed by atoms with Crippen molar-refractivity contribution >= 4 is 11.9 Å². The standard InChI is InChI=1S/C8H7N3O2.2C2H6/c12-7-6(10-8(13)11-7)5-1-3-9-4-2-5;2*1-2/h1-4,6H,(H2,10,11,12,13);2*1-2H3. The Labute approximate surface area is 102 Å². The molecule has 0 bridgehead atoms. The van der Waals surface area contributed by atoms with Crippen LogP contribution >= 0.6 is 0 Å². The van der Waals surface area contributed by atoms with Crippen molar-refractivity contribution in [2.75, 3.05) is 0 Å². The molecule has 0 spiro atoms. The zero-order valence-electron chi connectivity index (χ0n) is 10.7. The molecule has 1 saturated heterocycles. The lowest BCUT2D eigenvalue weighted by Crippen LogP contribution is -2.22. The maximum Gasteiger partial charge on any atom is 0.322 e. The van der Waals surface area contributed by atoms with Crippen LogP contribution in [0.25, 0.3) is 0 Å². The van der Waals surface area contributed by atoms with Crippen molar-refractivity contribution in [3.63, 3.8) is 0 Å². The van der Waals surface area contributed by atoms with Gasteiger partial charge in [0.15, 0.2) is 0 Å². The number of rotatable bonds is 1. The number of amides is 3. The number of hydrogen-bond donors (Lipinski definition) is 2. The fraction of sp³-hybridized carbons (Fsp3) is 0.417. The highest BCUT2D eigenvalue weighted by Gasteiger charge is 2.30. The SMILES string of the molecule is CC.CC.O=C1NC(=O)C(c2ccncc2)N1. The molecule has 1 atom stereocenters. The lowest BCUT2D eigenvalue weighted by Gasteiger charge is -2.05. The Kier molecular flexibility index (Phi) is 7.34. The predicted octanol–water partition coefficient (Wildman–Crippen LogP) is 2.01. The quantitative estimate of drug-likeness (QED) is 0.734. The second kappa shape index (κ2) is 8.27. The number of hydrogen-bond acceptors (Lipinski definition) is 3. The van der Waals surface area contributed by atoms with Gasteiger partial charge in [0.2, 0.25) is 0 Å². The van der Waals surface area contributed by atoms with Crippen LogP contribution in [-0.4, -0.2) is 16.9 Å². The lowest BCUT2D eigenvalue weighted by atomic mass is 10.1. The van der Waals surface area contributed by atoms with E-state index in [1.54, 1.807) is 24.5 Å². The molecule has 0 saturated carbocycles. The first kappa shape index (κ1) is 15.1. The normalized spacial score (nSPS) is 16.8. The van der Waals surface area contributed by atoms with Gasteiger partial charge in [-0.15, -0.1) is 0 Å². The van der Waals surface area contributed by atoms with Gasteiger partial charge in [-0.25, -0.2) is 4.79 Å². The first-order chi connectivity index (χ1) is 8.27. The van der Waals surface area contributed by atoms with Crippen molar-refractivity contribution in [2.45, 2.75) is 33.7 Å². The molecule has 0 aliphatic carbocycles. The van der Waals surface area contributed by atoms with Gasteiger partial charge in [0.25, 0.3) is 5.91 Å². The van der Waals surface area contributed by atoms with E-state index in [2.05, 4.69) is 15.6 Å². The highest BCUT2D eigenvalue weighted by Crippen LogP contribution is 2.14. The summed E-state index contributed by atoms with van der Waals surface area (Å²) < 4.78 is 0. The van der Waals surface area contributed by atoms with Gasteiger partial charge >= 0.3 is 6.03 Å². The minimum atomic E-state index is -0.574. The van der Waals surface area contributed by atoms with Gasteiger partial charge in [0.05, 0.1) is 0 Å². The third kappa shape index (κ3) is 4.22. The molecule has 2 N–H and O–H groups in total. The smallest absolute Gasteiger partial charge is 0.322 e. The maximum absolute atomic E-state index is 11.2. The summed E-state index contributed by atoms with van der Waals surface area (Å²) in [6.07, 6.45) is 3.15. The summed E-state index contributed by atoms with van der Waals surface area (Å²) in [5.41, 5.74) is 0.735. The molecule has 3 amide bonds. The number of imide groups is 1. The molecule has 17 heavy (non-hydrogen) atoms. The number of nitrogens with zero attached hydrogens (tertiary/aromatic N) is 1. The molecule has 0 aromatic carbocycles. The Morgan fingerprint density at radius 1 is 1.06 bits per heavy atom. The number of carbonyl (C=O) groups excluding carboxylic acids is 2. The van der Waals surface area contributed by atoms with E-state index in [1.807, 2.05) is 27.7 Å². The first-order valence-electron chi connectivity index (χ1n) is 5.78. The van der Waals surface area contributed by atoms with Crippen molar-refractivity contribution in [1.29, 1.82) is 0 Å². The molecule has 2 heterocycles. The van der Waals surface area contributed by atoms with E-state index in [-0.39, 0.29) is 5.91 Å². The van der Waals surface area contributed by atoms with Crippen LogP contribution in [0, 0.1) is 0 Å². The molecule has 1 aromatic rings. The van der Waals surface area contributed by atoms with Gasteiger partial charge in [-0.2, -0.15) is 0 Å². The van der Waals surface area contributed by atoms with Crippen molar-refractivity contribution < 1.29 is 9.59 Å². The van der Waals surface area contributed by atoms with Crippen LogP contribution in [0.5, 0.6) is 0 Å². The fourth-order valence-electron chi connectivity index (χ4n) is 1.21. The topological polar surface area (TPSA) is 71.1 Å². The van der Waals surface area contributed by atoms with E-state index >= 15 is 0 Å². The molecule has 2 rings (SSSR count). The summed E-state index contributed by atoms with van der Waals surface area (Å²) in [4.78, 5) is 25.8. The number of nitrogens with one attached hydrogen (secondary N) is 2. The second-order valence-corrected chi connectivity index (χ2v) is 2.68. The van der Waals surface area contributed by atoms with Crippen LogP contribution in [0.1, 0.15) is 39.3 Å². The van der Waals surface area contributed by atoms with Gasteiger partial charge in [-0.3, -0.25) is 15.1 Å². The zero-order valence-corrected chi connectivity index (χ0v) is 10.7. The van der Waals surface area contributed by atoms with E-state index in [0.29, 0.717) is 0 Å². The number of pyridine rings is 1. The molecule has 0 radical (unpaired) electrons. The van der Waals surface area contributed by atoms with Gasteiger partial charge in [-0.05, 0) is 17.7 Å². The minimum absolute atomic E-state index is 0.323. The first-order valence-corrected chi connectivity index (χ1v) is 5.78. The van der Waals surface area contributed by atoms with Crippen molar-refractivity contribution in [2.24, 2.45) is 0 Å². The molecule has 5 heteroatoms. The number of urea groups is 1. The van der Waals surface area contributed by atoms with E-state index in [9.17, 15) is 9.59 Å². The van der Waals surface area contributed by atoms with Gasteiger partial charge in [0, 0.05) is 12.4 Å². The molecule has 94 valence electrons. The Hall–Kier alpha value is -1.91. The van der Waals surface area contributed by atoms with E-state index in [0.717, 1.165) is 5.56 Å². The summed E-state index contributed by atoms with van der Waals surface area (Å²) in [6, 6.07) is 2.36. The Bertz CT molecular complexity index is 352. The van der Waals surface area contributed by atoms with Crippen LogP contribution in [0.4, 0.5) is 4.79 Å². The summed E-state index contributed by atoms with van der Waals surface area (Å²) >= 11 is 0. The highest BCUT2D eigenvalue weighted by atomic mass is 16.2. The van der Waals surface area contributed by atoms with Crippen LogP contribution < -0.4 is 10.6 Å². The van der Waals surface area contributed by atoms with E-state index in [1.165, 1.54) is 0 Å². The minimum Gasteiger partial charge on any atom is -0.322 e. The van der Waals surface area contributed by atoms with Gasteiger partial charge in [0.1, 0.15) is 6.04 Å². The van der Waals surface area contributed by atoms with E-state index < -0.39 is 12.1 Å². The Morgan fingerprint density at radius 2 is 1.59 bits per heavy atom. The van der Waals surface area contributed by atoms with Crippen LogP contribution in [-0.2, 0) is 4.79 Å². The Balaban J connectivity index is 0.000000581. The maximum atomic E-state index is 11.2. The monoisotopic (exact) mass is 237 g/mol. The molecular weight excluding hydrogens is 218 g/mol. The molecule has 1 aliphatic heterocycles. The molecular formula is C12H19N3O2. The molecule has 5 nitrogen and oxygen atoms in total. The van der Waals surface area contributed by atoms with Gasteiger partial charge < -0.3 is 5.32 Å². The zero-order chi connectivity index (χ0) is 13.3. The van der Waals surface area contributed by atoms with Crippen LogP contribution in [0.3, 0.4) is 0 Å². The van der Waals surface area contributed by atoms with Crippen molar-refractivity contribution in [3.8, 4) is 0 Å². The summed E-state index contributed by atoms with van der Waals surface area (Å²) in [6.45, 7) is 8.00. The third-order valence-corrected chi connectivity index (χ3v) is 1.81. The summed E-state index contributed by atoms with van der Waals surface area (Å²) in [7, 11) is 0. The fourth-order valence-corrected chi connectivity index (χ4v) is 1.21. The molecule has 1 aliphatic rings. The second-order valence-electron chi connectivity index (χ2n) is 2.68. The van der Waals surface area contributed by atoms with E-state index in [4.69, 9.17) is 0 Å². The average Bonchev–Trinajstić information content (AvgIpc) is 2.74. The molecule has 1 fully saturated rings. The largest absolute Gasteiger partial charge is 0.322 e. The third-order valence-electron chi connectivity index (χ3n) is 1.81. The van der Waals surface area contributed by atoms with Crippen molar-refractivity contribution in [1.82, 2.24) is 15.6 Å². The molecule has 1 unspecified atom stereocenters. The van der Waals surface area contributed by atoms with Gasteiger partial charge in [-0.1, -0.05) is 27.7 Å². The highest BCUT2D eigenvalue weighted by molar-refractivity contribution is 6.04. The van der Waals surface area contributed by atoms with Crippen molar-refractivity contribution in [3.05, 3.63) is 30.1 Å². The Morgan fingerprint density at radius 3 is 2.00 bits per heavy atom. The molecule has 1 aromatic heterocycles. The lowest BCUT2D eigenvalue weighted by molar-refractivity contribution is -0.120. The van der Waals surface area contributed by atoms with Crippen LogP contribution in [0.15, 0.2) is 24.5 Å². The predicted molar refractivity (Wildman–Crippen MR) is 66.3 cm³/mol. The van der Waals surface area contributed by atoms with Crippen LogP contribution in [0.2, 0.25) is 0 Å². The number of aromatic nitrogens is 1. The average molecular weight is 237 g/mol.